The van der Waals surface area contributed by atoms with E-state index in [4.69, 9.17) is 5.26 Å². The van der Waals surface area contributed by atoms with Crippen LogP contribution in [0.15, 0.2) is 54.7 Å². The molecule has 3 rings (SSSR count). The molecule has 0 aliphatic rings. The molecule has 7 nitrogen and oxygen atoms in total. The number of H-pyrrole nitrogens is 1. The molecule has 1 aromatic heterocycles. The highest BCUT2D eigenvalue weighted by atomic mass is 16.2. The normalized spacial score (nSPS) is 11.4. The smallest absolute Gasteiger partial charge is 0.319 e. The van der Waals surface area contributed by atoms with Crippen LogP contribution in [-0.4, -0.2) is 29.5 Å². The van der Waals surface area contributed by atoms with Gasteiger partial charge < -0.3 is 20.9 Å². The van der Waals surface area contributed by atoms with Crippen molar-refractivity contribution in [2.24, 2.45) is 0 Å². The van der Waals surface area contributed by atoms with Crippen LogP contribution in [0.25, 0.3) is 10.9 Å². The van der Waals surface area contributed by atoms with Gasteiger partial charge in [-0.1, -0.05) is 36.4 Å². The van der Waals surface area contributed by atoms with Crippen LogP contribution < -0.4 is 16.0 Å². The third-order valence-corrected chi connectivity index (χ3v) is 4.46. The summed E-state index contributed by atoms with van der Waals surface area (Å²) in [6, 6.07) is 15.7. The third-order valence-electron chi connectivity index (χ3n) is 4.46. The Hall–Kier alpha value is -3.79. The number of fused-ring (bicyclic) bond motifs is 1. The van der Waals surface area contributed by atoms with Crippen LogP contribution in [0.3, 0.4) is 0 Å². The number of carbonyl (C=O) groups is 2. The number of benzene rings is 2. The van der Waals surface area contributed by atoms with E-state index in [-0.39, 0.29) is 6.54 Å². The minimum absolute atomic E-state index is 0.121. The number of aromatic nitrogens is 1. The van der Waals surface area contributed by atoms with E-state index in [1.807, 2.05) is 61.7 Å². The molecule has 28 heavy (non-hydrogen) atoms. The summed E-state index contributed by atoms with van der Waals surface area (Å²) >= 11 is 0. The molecule has 0 radical (unpaired) electrons. The van der Waals surface area contributed by atoms with Crippen molar-refractivity contribution in [1.82, 2.24) is 15.6 Å². The zero-order valence-corrected chi connectivity index (χ0v) is 15.5. The lowest BCUT2D eigenvalue weighted by atomic mass is 10.0. The summed E-state index contributed by atoms with van der Waals surface area (Å²) in [5, 5.41) is 17.7. The third kappa shape index (κ3) is 4.48. The zero-order valence-electron chi connectivity index (χ0n) is 15.5. The number of aromatic amines is 1. The van der Waals surface area contributed by atoms with Gasteiger partial charge in [0.2, 0.25) is 5.91 Å². The molecule has 2 aromatic carbocycles. The number of para-hydroxylation sites is 2. The number of nitrogens with one attached hydrogen (secondary N) is 4. The van der Waals surface area contributed by atoms with Gasteiger partial charge >= 0.3 is 6.03 Å². The van der Waals surface area contributed by atoms with Gasteiger partial charge in [-0.05, 0) is 30.2 Å². The summed E-state index contributed by atoms with van der Waals surface area (Å²) in [6.07, 6.45) is 2.12. The molecule has 3 amide bonds. The summed E-state index contributed by atoms with van der Waals surface area (Å²) in [7, 11) is 0. The lowest BCUT2D eigenvalue weighted by Gasteiger charge is -2.18. The van der Waals surface area contributed by atoms with Gasteiger partial charge in [0.15, 0.2) is 0 Å². The van der Waals surface area contributed by atoms with Crippen LogP contribution in [0.2, 0.25) is 0 Å². The summed E-state index contributed by atoms with van der Waals surface area (Å²) in [5.41, 5.74) is 3.45. The topological polar surface area (TPSA) is 110 Å². The van der Waals surface area contributed by atoms with E-state index < -0.39 is 18.0 Å². The van der Waals surface area contributed by atoms with E-state index in [0.29, 0.717) is 12.1 Å². The van der Waals surface area contributed by atoms with Crippen molar-refractivity contribution in [3.05, 3.63) is 65.9 Å². The average Bonchev–Trinajstić information content (AvgIpc) is 3.10. The Morgan fingerprint density at radius 1 is 1.14 bits per heavy atom. The van der Waals surface area contributed by atoms with Gasteiger partial charge in [-0.2, -0.15) is 5.26 Å². The molecule has 0 saturated carbocycles. The minimum atomic E-state index is -0.823. The number of hydrogen-bond acceptors (Lipinski definition) is 3. The first-order valence-electron chi connectivity index (χ1n) is 8.91. The fourth-order valence-corrected chi connectivity index (χ4v) is 3.01. The molecule has 142 valence electrons. The van der Waals surface area contributed by atoms with E-state index in [0.717, 1.165) is 22.0 Å². The second kappa shape index (κ2) is 8.73. The second-order valence-corrected chi connectivity index (χ2v) is 6.41. The molecule has 0 spiro atoms. The van der Waals surface area contributed by atoms with Crippen molar-refractivity contribution in [3.8, 4) is 6.07 Å². The number of rotatable bonds is 6. The van der Waals surface area contributed by atoms with Crippen molar-refractivity contribution in [2.75, 3.05) is 11.9 Å². The molecular weight excluding hydrogens is 354 g/mol. The first kappa shape index (κ1) is 19.0. The summed E-state index contributed by atoms with van der Waals surface area (Å²) in [6.45, 7) is 1.77. The molecule has 1 heterocycles. The number of carbonyl (C=O) groups excluding carboxylic acids is 2. The molecule has 0 aliphatic carbocycles. The Kier molecular flexibility index (Phi) is 5.92. The quantitative estimate of drug-likeness (QED) is 0.497. The Labute approximate surface area is 162 Å². The van der Waals surface area contributed by atoms with E-state index in [2.05, 4.69) is 20.9 Å². The van der Waals surface area contributed by atoms with E-state index in [9.17, 15) is 9.59 Å². The monoisotopic (exact) mass is 375 g/mol. The molecular formula is C21H21N5O2. The summed E-state index contributed by atoms with van der Waals surface area (Å²) in [4.78, 5) is 28.1. The number of amides is 3. The second-order valence-electron chi connectivity index (χ2n) is 6.41. The van der Waals surface area contributed by atoms with E-state index in [1.165, 1.54) is 0 Å². The van der Waals surface area contributed by atoms with E-state index in [1.54, 1.807) is 6.07 Å². The van der Waals surface area contributed by atoms with Crippen molar-refractivity contribution >= 4 is 28.5 Å². The van der Waals surface area contributed by atoms with Gasteiger partial charge in [-0.25, -0.2) is 4.79 Å². The summed E-state index contributed by atoms with van der Waals surface area (Å²) in [5.74, 6) is -0.410. The van der Waals surface area contributed by atoms with Crippen LogP contribution in [-0.2, 0) is 11.2 Å². The maximum Gasteiger partial charge on any atom is 0.319 e. The molecule has 7 heteroatoms. The Bertz CT molecular complexity index is 1030. The SMILES string of the molecule is Cc1ccccc1NC(=O)NC(Cc1c[nH]c2ccccc12)C(=O)NCC#N. The predicted octanol–water partition coefficient (Wildman–Crippen LogP) is 2.85. The van der Waals surface area contributed by atoms with E-state index >= 15 is 0 Å². The largest absolute Gasteiger partial charge is 0.361 e. The minimum Gasteiger partial charge on any atom is -0.361 e. The maximum absolute atomic E-state index is 12.5. The van der Waals surface area contributed by atoms with Gasteiger partial charge in [0.1, 0.15) is 12.6 Å². The fourth-order valence-electron chi connectivity index (χ4n) is 3.01. The van der Waals surface area contributed by atoms with Crippen LogP contribution in [0.5, 0.6) is 0 Å². The van der Waals surface area contributed by atoms with Crippen molar-refractivity contribution in [3.63, 3.8) is 0 Å². The summed E-state index contributed by atoms with van der Waals surface area (Å²) < 4.78 is 0. The number of urea groups is 1. The van der Waals surface area contributed by atoms with Gasteiger partial charge in [0, 0.05) is 29.2 Å². The number of anilines is 1. The van der Waals surface area contributed by atoms with Crippen molar-refractivity contribution in [2.45, 2.75) is 19.4 Å². The highest BCUT2D eigenvalue weighted by Gasteiger charge is 2.22. The standard InChI is InChI=1S/C21H21N5O2/c1-14-6-2-4-8-17(14)25-21(28)26-19(20(27)23-11-10-22)12-15-13-24-18-9-5-3-7-16(15)18/h2-9,13,19,24H,11-12H2,1H3,(H,23,27)(H2,25,26,28). The molecule has 0 saturated heterocycles. The highest BCUT2D eigenvalue weighted by Crippen LogP contribution is 2.19. The Morgan fingerprint density at radius 2 is 1.89 bits per heavy atom. The fraction of sp³-hybridized carbons (Fsp3) is 0.190. The maximum atomic E-state index is 12.5. The van der Waals surface area contributed by atoms with Crippen LogP contribution in [0.1, 0.15) is 11.1 Å². The van der Waals surface area contributed by atoms with Gasteiger partial charge in [-0.3, -0.25) is 4.79 Å². The first-order chi connectivity index (χ1) is 13.6. The van der Waals surface area contributed by atoms with Gasteiger partial charge in [-0.15, -0.1) is 0 Å². The first-order valence-corrected chi connectivity index (χ1v) is 8.91. The Morgan fingerprint density at radius 3 is 2.68 bits per heavy atom. The molecule has 0 bridgehead atoms. The molecule has 3 aromatic rings. The van der Waals surface area contributed by atoms with Crippen LogP contribution in [0.4, 0.5) is 10.5 Å². The van der Waals surface area contributed by atoms with Crippen LogP contribution in [0, 0.1) is 18.3 Å². The lowest BCUT2D eigenvalue weighted by Crippen LogP contribution is -2.49. The molecule has 0 fully saturated rings. The molecule has 0 aliphatic heterocycles. The number of nitriles is 1. The zero-order chi connectivity index (χ0) is 19.9. The number of nitrogens with zero attached hydrogens (tertiary/aromatic N) is 1. The van der Waals surface area contributed by atoms with Gasteiger partial charge in [0.05, 0.1) is 6.07 Å². The predicted molar refractivity (Wildman–Crippen MR) is 108 cm³/mol. The number of hydrogen-bond donors (Lipinski definition) is 4. The van der Waals surface area contributed by atoms with Crippen molar-refractivity contribution in [1.29, 1.82) is 5.26 Å². The Balaban J connectivity index is 1.77. The number of aryl methyl sites for hydroxylation is 1. The molecule has 1 atom stereocenters. The van der Waals surface area contributed by atoms with Crippen LogP contribution >= 0.6 is 0 Å². The highest BCUT2D eigenvalue weighted by molar-refractivity contribution is 5.95. The lowest BCUT2D eigenvalue weighted by molar-refractivity contribution is -0.122. The molecule has 4 N–H and O–H groups in total. The average molecular weight is 375 g/mol. The molecule has 1 unspecified atom stereocenters. The van der Waals surface area contributed by atoms with Gasteiger partial charge in [0.25, 0.3) is 0 Å². The van der Waals surface area contributed by atoms with Crippen molar-refractivity contribution < 1.29 is 9.59 Å².